The number of hydrogen-bond donors (Lipinski definition) is 1. The normalized spacial score (nSPS) is 15.0. The summed E-state index contributed by atoms with van der Waals surface area (Å²) in [7, 11) is 0. The lowest BCUT2D eigenvalue weighted by atomic mass is 9.87. The second kappa shape index (κ2) is 7.82. The Labute approximate surface area is 159 Å². The molecule has 0 aliphatic heterocycles. The molecule has 5 nitrogen and oxygen atoms in total. The predicted molar refractivity (Wildman–Crippen MR) is 104 cm³/mol. The summed E-state index contributed by atoms with van der Waals surface area (Å²) in [6.07, 6.45) is 8.38. The first-order valence-corrected chi connectivity index (χ1v) is 9.64. The molecule has 4 rings (SSSR count). The number of para-hydroxylation sites is 1. The standard InChI is InChI=1S/C22H25N3O2/c1-16-7-5-6-10-21(16)27-22-12-11-17(13-20(22)26)14-25-15-19(23-24-25)18-8-3-2-4-9-18/h5-7,10-13,15,18,26H,2-4,8-9,14H2,1H3. The molecule has 1 N–H and O–H groups in total. The molecule has 1 aromatic heterocycles. The highest BCUT2D eigenvalue weighted by Gasteiger charge is 2.18. The number of nitrogens with zero attached hydrogens (tertiary/aromatic N) is 3. The molecule has 1 saturated carbocycles. The van der Waals surface area contributed by atoms with Crippen LogP contribution in [0.5, 0.6) is 17.2 Å². The zero-order chi connectivity index (χ0) is 18.6. The summed E-state index contributed by atoms with van der Waals surface area (Å²) in [6, 6.07) is 13.2. The van der Waals surface area contributed by atoms with Crippen molar-refractivity contribution in [3.05, 3.63) is 65.5 Å². The van der Waals surface area contributed by atoms with Crippen LogP contribution in [-0.4, -0.2) is 20.1 Å². The second-order valence-electron chi connectivity index (χ2n) is 7.35. The van der Waals surface area contributed by atoms with Crippen LogP contribution in [0, 0.1) is 6.92 Å². The molecule has 140 valence electrons. The van der Waals surface area contributed by atoms with E-state index in [4.69, 9.17) is 4.74 Å². The Kier molecular flexibility index (Phi) is 5.10. The first-order valence-electron chi connectivity index (χ1n) is 9.64. The smallest absolute Gasteiger partial charge is 0.169 e. The molecule has 1 fully saturated rings. The third-order valence-electron chi connectivity index (χ3n) is 5.26. The number of rotatable bonds is 5. The molecule has 0 bridgehead atoms. The topological polar surface area (TPSA) is 60.2 Å². The number of ether oxygens (including phenoxy) is 1. The van der Waals surface area contributed by atoms with Crippen molar-refractivity contribution >= 4 is 0 Å². The van der Waals surface area contributed by atoms with Crippen molar-refractivity contribution in [2.75, 3.05) is 0 Å². The van der Waals surface area contributed by atoms with Gasteiger partial charge < -0.3 is 9.84 Å². The number of aromatic hydroxyl groups is 1. The Hall–Kier alpha value is -2.82. The van der Waals surface area contributed by atoms with Crippen LogP contribution < -0.4 is 4.74 Å². The van der Waals surface area contributed by atoms with E-state index in [1.165, 1.54) is 32.1 Å². The van der Waals surface area contributed by atoms with E-state index in [0.29, 0.717) is 18.2 Å². The summed E-state index contributed by atoms with van der Waals surface area (Å²) in [5, 5.41) is 19.0. The molecule has 27 heavy (non-hydrogen) atoms. The second-order valence-corrected chi connectivity index (χ2v) is 7.35. The number of benzene rings is 2. The first-order chi connectivity index (χ1) is 13.2. The maximum absolute atomic E-state index is 10.4. The Bertz CT molecular complexity index is 913. The van der Waals surface area contributed by atoms with Crippen molar-refractivity contribution in [1.29, 1.82) is 0 Å². The van der Waals surface area contributed by atoms with Crippen molar-refractivity contribution in [2.45, 2.75) is 51.5 Å². The largest absolute Gasteiger partial charge is 0.504 e. The summed E-state index contributed by atoms with van der Waals surface area (Å²) in [6.45, 7) is 2.56. The molecule has 0 atom stereocenters. The highest BCUT2D eigenvalue weighted by Crippen LogP contribution is 2.33. The van der Waals surface area contributed by atoms with Crippen LogP contribution in [0.15, 0.2) is 48.7 Å². The van der Waals surface area contributed by atoms with Gasteiger partial charge in [-0.25, -0.2) is 4.68 Å². The van der Waals surface area contributed by atoms with Gasteiger partial charge in [0.25, 0.3) is 0 Å². The number of aryl methyl sites for hydroxylation is 1. The maximum Gasteiger partial charge on any atom is 0.169 e. The van der Waals surface area contributed by atoms with Gasteiger partial charge in [-0.3, -0.25) is 0 Å². The summed E-state index contributed by atoms with van der Waals surface area (Å²) in [5.74, 6) is 1.87. The van der Waals surface area contributed by atoms with Crippen molar-refractivity contribution in [3.8, 4) is 17.2 Å². The van der Waals surface area contributed by atoms with Crippen LogP contribution in [-0.2, 0) is 6.54 Å². The Balaban J connectivity index is 1.45. The van der Waals surface area contributed by atoms with E-state index in [1.807, 2.05) is 48.1 Å². The van der Waals surface area contributed by atoms with Crippen LogP contribution in [0.25, 0.3) is 0 Å². The minimum Gasteiger partial charge on any atom is -0.504 e. The van der Waals surface area contributed by atoms with E-state index in [-0.39, 0.29) is 5.75 Å². The average Bonchev–Trinajstić information content (AvgIpc) is 3.15. The number of phenolic OH excluding ortho intramolecular Hbond substituents is 1. The van der Waals surface area contributed by atoms with Crippen LogP contribution in [0.1, 0.15) is 54.8 Å². The van der Waals surface area contributed by atoms with E-state index in [2.05, 4.69) is 10.3 Å². The molecular weight excluding hydrogens is 338 g/mol. The fourth-order valence-corrected chi connectivity index (χ4v) is 3.70. The zero-order valence-corrected chi connectivity index (χ0v) is 15.6. The van der Waals surface area contributed by atoms with Gasteiger partial charge in [-0.2, -0.15) is 0 Å². The van der Waals surface area contributed by atoms with Crippen molar-refractivity contribution in [3.63, 3.8) is 0 Å². The summed E-state index contributed by atoms with van der Waals surface area (Å²) >= 11 is 0. The molecule has 3 aromatic rings. The van der Waals surface area contributed by atoms with E-state index in [0.717, 1.165) is 22.6 Å². The third-order valence-corrected chi connectivity index (χ3v) is 5.26. The molecule has 0 amide bonds. The van der Waals surface area contributed by atoms with Gasteiger partial charge >= 0.3 is 0 Å². The molecule has 1 heterocycles. The number of hydrogen-bond acceptors (Lipinski definition) is 4. The van der Waals surface area contributed by atoms with Gasteiger partial charge in [0, 0.05) is 12.1 Å². The monoisotopic (exact) mass is 363 g/mol. The highest BCUT2D eigenvalue weighted by atomic mass is 16.5. The predicted octanol–water partition coefficient (Wildman–Crippen LogP) is 5.18. The molecule has 0 unspecified atom stereocenters. The fourth-order valence-electron chi connectivity index (χ4n) is 3.70. The molecule has 0 radical (unpaired) electrons. The Morgan fingerprint density at radius 1 is 1.07 bits per heavy atom. The van der Waals surface area contributed by atoms with Gasteiger partial charge in [0.15, 0.2) is 11.5 Å². The summed E-state index contributed by atoms with van der Waals surface area (Å²) in [4.78, 5) is 0. The molecule has 5 heteroatoms. The Morgan fingerprint density at radius 2 is 1.89 bits per heavy atom. The first kappa shape index (κ1) is 17.6. The minimum atomic E-state index is 0.128. The van der Waals surface area contributed by atoms with E-state index in [9.17, 15) is 5.11 Å². The number of aromatic nitrogens is 3. The SMILES string of the molecule is Cc1ccccc1Oc1ccc(Cn2cc(C3CCCCC3)nn2)cc1O. The van der Waals surface area contributed by atoms with Crippen LogP contribution >= 0.6 is 0 Å². The van der Waals surface area contributed by atoms with Crippen LogP contribution in [0.4, 0.5) is 0 Å². The van der Waals surface area contributed by atoms with Gasteiger partial charge in [-0.05, 0) is 49.1 Å². The summed E-state index contributed by atoms with van der Waals surface area (Å²) in [5.41, 5.74) is 3.09. The Morgan fingerprint density at radius 3 is 2.67 bits per heavy atom. The summed E-state index contributed by atoms with van der Waals surface area (Å²) < 4.78 is 7.69. The lowest BCUT2D eigenvalue weighted by Crippen LogP contribution is -2.04. The minimum absolute atomic E-state index is 0.128. The molecule has 0 saturated heterocycles. The molecule has 1 aliphatic carbocycles. The van der Waals surface area contributed by atoms with Gasteiger partial charge in [-0.15, -0.1) is 5.10 Å². The quantitative estimate of drug-likeness (QED) is 0.678. The lowest BCUT2D eigenvalue weighted by molar-refractivity contribution is 0.409. The number of phenols is 1. The lowest BCUT2D eigenvalue weighted by Gasteiger charge is -2.18. The van der Waals surface area contributed by atoms with Gasteiger partial charge in [-0.1, -0.05) is 48.7 Å². The van der Waals surface area contributed by atoms with E-state index < -0.39 is 0 Å². The van der Waals surface area contributed by atoms with Crippen LogP contribution in [0.3, 0.4) is 0 Å². The average molecular weight is 363 g/mol. The maximum atomic E-state index is 10.4. The van der Waals surface area contributed by atoms with Gasteiger partial charge in [0.2, 0.25) is 0 Å². The van der Waals surface area contributed by atoms with Crippen molar-refractivity contribution in [2.24, 2.45) is 0 Å². The van der Waals surface area contributed by atoms with E-state index >= 15 is 0 Å². The van der Waals surface area contributed by atoms with Gasteiger partial charge in [0.05, 0.1) is 12.2 Å². The van der Waals surface area contributed by atoms with Gasteiger partial charge in [0.1, 0.15) is 5.75 Å². The zero-order valence-electron chi connectivity index (χ0n) is 15.6. The molecule has 2 aromatic carbocycles. The van der Waals surface area contributed by atoms with E-state index in [1.54, 1.807) is 12.1 Å². The van der Waals surface area contributed by atoms with Crippen molar-refractivity contribution < 1.29 is 9.84 Å². The molecular formula is C22H25N3O2. The van der Waals surface area contributed by atoms with Crippen molar-refractivity contribution in [1.82, 2.24) is 15.0 Å². The fraction of sp³-hybridized carbons (Fsp3) is 0.364. The molecule has 1 aliphatic rings. The van der Waals surface area contributed by atoms with Crippen LogP contribution in [0.2, 0.25) is 0 Å². The highest BCUT2D eigenvalue weighted by molar-refractivity contribution is 5.45. The molecule has 0 spiro atoms. The third kappa shape index (κ3) is 4.13.